The van der Waals surface area contributed by atoms with Crippen molar-refractivity contribution in [1.29, 1.82) is 0 Å². The Kier molecular flexibility index (Phi) is 4.31. The van der Waals surface area contributed by atoms with Crippen molar-refractivity contribution in [2.45, 2.75) is 30.3 Å². The van der Waals surface area contributed by atoms with Gasteiger partial charge in [0.1, 0.15) is 6.61 Å². The van der Waals surface area contributed by atoms with Gasteiger partial charge in [0.05, 0.1) is 9.53 Å². The fourth-order valence-corrected chi connectivity index (χ4v) is 0.574. The van der Waals surface area contributed by atoms with Crippen LogP contribution >= 0.6 is 22.6 Å². The number of aliphatic hydroxyl groups is 1. The van der Waals surface area contributed by atoms with Crippen molar-refractivity contribution >= 4 is 28.6 Å². The highest BCUT2D eigenvalue weighted by molar-refractivity contribution is 14.1. The summed E-state index contributed by atoms with van der Waals surface area (Å²) in [5.41, 5.74) is -0.796. The van der Waals surface area contributed by atoms with Gasteiger partial charge in [-0.25, -0.2) is 0 Å². The van der Waals surface area contributed by atoms with E-state index in [-0.39, 0.29) is 16.5 Å². The van der Waals surface area contributed by atoms with E-state index in [4.69, 9.17) is 4.74 Å². The largest absolute Gasteiger partial charge is 0.465 e. The zero-order valence-electron chi connectivity index (χ0n) is 6.93. The summed E-state index contributed by atoms with van der Waals surface area (Å²) in [5, 5.41) is 9.40. The van der Waals surface area contributed by atoms with Crippen LogP contribution in [0.15, 0.2) is 0 Å². The Bertz CT molecular complexity index is 139. The van der Waals surface area contributed by atoms with Crippen LogP contribution in [0.25, 0.3) is 0 Å². The Morgan fingerprint density at radius 2 is 2.18 bits per heavy atom. The molecule has 0 rings (SSSR count). The highest BCUT2D eigenvalue weighted by Gasteiger charge is 2.24. The Hall–Kier alpha value is 0.160. The number of esters is 1. The van der Waals surface area contributed by atoms with E-state index in [1.807, 2.05) is 0 Å². The Morgan fingerprint density at radius 3 is 2.45 bits per heavy atom. The van der Waals surface area contributed by atoms with E-state index in [1.165, 1.54) is 6.92 Å². The maximum absolute atomic E-state index is 10.4. The van der Waals surface area contributed by atoms with Crippen LogP contribution in [0.3, 0.4) is 0 Å². The molecule has 0 fully saturated rings. The molecule has 0 aliphatic rings. The van der Waals surface area contributed by atoms with Crippen LogP contribution in [0.5, 0.6) is 0 Å². The summed E-state index contributed by atoms with van der Waals surface area (Å²) in [6.45, 7) is 4.99. The molecule has 3 nitrogen and oxygen atoms in total. The van der Waals surface area contributed by atoms with Gasteiger partial charge < -0.3 is 9.84 Å². The summed E-state index contributed by atoms with van der Waals surface area (Å²) in [6.07, 6.45) is 0. The van der Waals surface area contributed by atoms with E-state index in [0.29, 0.717) is 0 Å². The number of carbonyl (C=O) groups is 1. The molecule has 0 aromatic heterocycles. The smallest absolute Gasteiger partial charge is 0.302 e. The minimum absolute atomic E-state index is 0.0657. The lowest BCUT2D eigenvalue weighted by Gasteiger charge is -2.23. The lowest BCUT2D eigenvalue weighted by molar-refractivity contribution is -0.141. The number of alkyl halides is 1. The first-order valence-corrected chi connectivity index (χ1v) is 4.58. The van der Waals surface area contributed by atoms with E-state index in [2.05, 4.69) is 22.6 Å². The molecule has 0 spiro atoms. The minimum atomic E-state index is -0.796. The number of ether oxygens (including phenoxy) is 1. The molecular formula is C7H13IO3. The van der Waals surface area contributed by atoms with Crippen LogP contribution in [-0.2, 0) is 9.53 Å². The topological polar surface area (TPSA) is 46.5 Å². The molecular weight excluding hydrogens is 259 g/mol. The van der Waals surface area contributed by atoms with Gasteiger partial charge in [0, 0.05) is 6.92 Å². The van der Waals surface area contributed by atoms with Gasteiger partial charge >= 0.3 is 5.97 Å². The van der Waals surface area contributed by atoms with Crippen molar-refractivity contribution in [3.8, 4) is 0 Å². The van der Waals surface area contributed by atoms with E-state index in [0.717, 1.165) is 0 Å². The second-order valence-electron chi connectivity index (χ2n) is 2.92. The second-order valence-corrected chi connectivity index (χ2v) is 4.43. The summed E-state index contributed by atoms with van der Waals surface area (Å²) >= 11 is 2.05. The van der Waals surface area contributed by atoms with Gasteiger partial charge in [-0.2, -0.15) is 0 Å². The van der Waals surface area contributed by atoms with Crippen molar-refractivity contribution in [2.24, 2.45) is 0 Å². The molecule has 11 heavy (non-hydrogen) atoms. The second kappa shape index (κ2) is 4.25. The third-order valence-electron chi connectivity index (χ3n) is 1.20. The quantitative estimate of drug-likeness (QED) is 0.476. The summed E-state index contributed by atoms with van der Waals surface area (Å²) in [4.78, 5) is 10.4. The van der Waals surface area contributed by atoms with Crippen LogP contribution in [0, 0.1) is 0 Å². The van der Waals surface area contributed by atoms with Crippen molar-refractivity contribution in [3.05, 3.63) is 0 Å². The summed E-state index contributed by atoms with van der Waals surface area (Å²) < 4.78 is 4.66. The Balaban J connectivity index is 3.70. The average molecular weight is 272 g/mol. The molecule has 4 heteroatoms. The van der Waals surface area contributed by atoms with Crippen LogP contribution < -0.4 is 0 Å². The van der Waals surface area contributed by atoms with Gasteiger partial charge in [0.15, 0.2) is 0 Å². The lowest BCUT2D eigenvalue weighted by atomic mass is 10.1. The van der Waals surface area contributed by atoms with Crippen LogP contribution in [0.2, 0.25) is 0 Å². The normalized spacial score (nSPS) is 14.3. The number of hydrogen-bond donors (Lipinski definition) is 1. The van der Waals surface area contributed by atoms with Crippen molar-refractivity contribution in [3.63, 3.8) is 0 Å². The standard InChI is InChI=1S/C7H13IO3/c1-5(9)11-4-6(8)7(2,3)10/h6,10H,4H2,1-3H3. The molecule has 1 atom stereocenters. The molecule has 1 N–H and O–H groups in total. The zero-order chi connectivity index (χ0) is 9.07. The highest BCUT2D eigenvalue weighted by atomic mass is 127. The van der Waals surface area contributed by atoms with Gasteiger partial charge in [0.25, 0.3) is 0 Å². The predicted molar refractivity (Wildman–Crippen MR) is 50.7 cm³/mol. The molecule has 0 aromatic rings. The van der Waals surface area contributed by atoms with Crippen molar-refractivity contribution < 1.29 is 14.6 Å². The predicted octanol–water partition coefficient (Wildman–Crippen LogP) is 1.12. The molecule has 0 radical (unpaired) electrons. The fraction of sp³-hybridized carbons (Fsp3) is 0.857. The van der Waals surface area contributed by atoms with E-state index in [9.17, 15) is 9.90 Å². The van der Waals surface area contributed by atoms with Crippen LogP contribution in [0.1, 0.15) is 20.8 Å². The first kappa shape index (κ1) is 11.2. The molecule has 1 unspecified atom stereocenters. The van der Waals surface area contributed by atoms with Gasteiger partial charge in [-0.15, -0.1) is 0 Å². The molecule has 0 saturated heterocycles. The van der Waals surface area contributed by atoms with E-state index in [1.54, 1.807) is 13.8 Å². The lowest BCUT2D eigenvalue weighted by Crippen LogP contribution is -2.35. The SMILES string of the molecule is CC(=O)OCC(I)C(C)(C)O. The highest BCUT2D eigenvalue weighted by Crippen LogP contribution is 2.17. The molecule has 0 bridgehead atoms. The van der Waals surface area contributed by atoms with Crippen LogP contribution in [0.4, 0.5) is 0 Å². The van der Waals surface area contributed by atoms with Gasteiger partial charge in [-0.1, -0.05) is 22.6 Å². The number of halogens is 1. The summed E-state index contributed by atoms with van der Waals surface area (Å²) in [7, 11) is 0. The third-order valence-corrected chi connectivity index (χ3v) is 3.08. The monoisotopic (exact) mass is 272 g/mol. The maximum atomic E-state index is 10.4. The maximum Gasteiger partial charge on any atom is 0.302 e. The Morgan fingerprint density at radius 1 is 1.73 bits per heavy atom. The Labute approximate surface area is 80.3 Å². The minimum Gasteiger partial charge on any atom is -0.465 e. The molecule has 0 amide bonds. The van der Waals surface area contributed by atoms with E-state index >= 15 is 0 Å². The number of hydrogen-bond acceptors (Lipinski definition) is 3. The zero-order valence-corrected chi connectivity index (χ0v) is 9.08. The van der Waals surface area contributed by atoms with Crippen LogP contribution in [-0.4, -0.2) is 27.2 Å². The van der Waals surface area contributed by atoms with Gasteiger partial charge in [0.2, 0.25) is 0 Å². The fourth-order valence-electron chi connectivity index (χ4n) is 0.394. The third kappa shape index (κ3) is 5.43. The first-order valence-electron chi connectivity index (χ1n) is 3.34. The van der Waals surface area contributed by atoms with Gasteiger partial charge in [-0.05, 0) is 13.8 Å². The van der Waals surface area contributed by atoms with Crippen molar-refractivity contribution in [2.75, 3.05) is 6.61 Å². The van der Waals surface area contributed by atoms with Gasteiger partial charge in [-0.3, -0.25) is 4.79 Å². The summed E-state index contributed by atoms with van der Waals surface area (Å²) in [6, 6.07) is 0. The average Bonchev–Trinajstić information content (AvgIpc) is 1.80. The number of carbonyl (C=O) groups excluding carboxylic acids is 1. The molecule has 0 aromatic carbocycles. The molecule has 0 aliphatic heterocycles. The van der Waals surface area contributed by atoms with E-state index < -0.39 is 5.60 Å². The first-order chi connectivity index (χ1) is 4.84. The molecule has 66 valence electrons. The molecule has 0 saturated carbocycles. The number of rotatable bonds is 3. The molecule has 0 heterocycles. The summed E-state index contributed by atoms with van der Waals surface area (Å²) in [5.74, 6) is -0.309. The van der Waals surface area contributed by atoms with Crippen molar-refractivity contribution in [1.82, 2.24) is 0 Å². The molecule has 0 aliphatic carbocycles.